The van der Waals surface area contributed by atoms with Crippen LogP contribution in [-0.4, -0.2) is 35.8 Å². The first-order valence-electron chi connectivity index (χ1n) is 7.38. The molecule has 0 fully saturated rings. The molecule has 25 heavy (non-hydrogen) atoms. The molecule has 0 saturated carbocycles. The van der Waals surface area contributed by atoms with Crippen molar-refractivity contribution in [2.24, 2.45) is 0 Å². The summed E-state index contributed by atoms with van der Waals surface area (Å²) >= 11 is 0. The van der Waals surface area contributed by atoms with Crippen molar-refractivity contribution >= 4 is 5.82 Å². The highest BCUT2D eigenvalue weighted by atomic mass is 19.4. The number of anilines is 1. The van der Waals surface area contributed by atoms with Crippen LogP contribution in [0.1, 0.15) is 12.6 Å². The van der Waals surface area contributed by atoms with Crippen molar-refractivity contribution in [1.82, 2.24) is 29.7 Å². The van der Waals surface area contributed by atoms with Gasteiger partial charge in [0.25, 0.3) is 0 Å². The molecule has 0 radical (unpaired) electrons. The van der Waals surface area contributed by atoms with Crippen LogP contribution >= 0.6 is 0 Å². The molecule has 0 amide bonds. The minimum Gasteiger partial charge on any atom is -0.366 e. The Kier molecular flexibility index (Phi) is 4.59. The maximum absolute atomic E-state index is 13.1. The van der Waals surface area contributed by atoms with Crippen LogP contribution in [0.3, 0.4) is 0 Å². The van der Waals surface area contributed by atoms with Crippen LogP contribution in [0.5, 0.6) is 0 Å². The third-order valence-corrected chi connectivity index (χ3v) is 3.23. The Morgan fingerprint density at radius 1 is 1.24 bits per heavy atom. The van der Waals surface area contributed by atoms with Gasteiger partial charge in [-0.05, 0) is 19.1 Å². The number of nitrogens with one attached hydrogen (secondary N) is 1. The van der Waals surface area contributed by atoms with Gasteiger partial charge in [-0.1, -0.05) is 6.07 Å². The first-order chi connectivity index (χ1) is 11.9. The highest BCUT2D eigenvalue weighted by Crippen LogP contribution is 2.30. The second-order valence-corrected chi connectivity index (χ2v) is 5.34. The number of hydrogen-bond donors (Lipinski definition) is 1. The molecule has 130 valence electrons. The maximum atomic E-state index is 13.1. The number of halogens is 3. The van der Waals surface area contributed by atoms with E-state index in [0.29, 0.717) is 6.54 Å². The normalized spacial score (nSPS) is 12.8. The molecule has 0 bridgehead atoms. The molecule has 0 aromatic carbocycles. The van der Waals surface area contributed by atoms with Gasteiger partial charge in [-0.2, -0.15) is 18.3 Å². The average Bonchev–Trinajstić information content (AvgIpc) is 3.07. The van der Waals surface area contributed by atoms with Crippen molar-refractivity contribution in [3.05, 3.63) is 48.8 Å². The molecule has 1 atom stereocenters. The third kappa shape index (κ3) is 4.28. The molecule has 10 heteroatoms. The number of hydrogen-bond acceptors (Lipinski definition) is 6. The molecule has 1 unspecified atom stereocenters. The molecule has 0 aliphatic rings. The molecule has 0 aliphatic carbocycles. The predicted octanol–water partition coefficient (Wildman–Crippen LogP) is 2.65. The number of aromatic nitrogens is 6. The minimum atomic E-state index is -4.59. The summed E-state index contributed by atoms with van der Waals surface area (Å²) in [5, 5.41) is 6.90. The van der Waals surface area contributed by atoms with Crippen molar-refractivity contribution in [2.45, 2.75) is 25.7 Å². The highest BCUT2D eigenvalue weighted by molar-refractivity contribution is 5.53. The molecule has 3 rings (SSSR count). The summed E-state index contributed by atoms with van der Waals surface area (Å²) in [7, 11) is 0. The van der Waals surface area contributed by atoms with E-state index in [1.807, 2.05) is 0 Å². The third-order valence-electron chi connectivity index (χ3n) is 3.23. The lowest BCUT2D eigenvalue weighted by atomic mass is 10.3. The first-order valence-corrected chi connectivity index (χ1v) is 7.38. The lowest BCUT2D eigenvalue weighted by Crippen LogP contribution is -2.23. The Balaban J connectivity index is 1.89. The molecule has 0 saturated heterocycles. The molecule has 3 aromatic rings. The van der Waals surface area contributed by atoms with Crippen molar-refractivity contribution < 1.29 is 13.2 Å². The number of rotatable bonds is 5. The topological polar surface area (TPSA) is 81.4 Å². The van der Waals surface area contributed by atoms with Crippen LogP contribution in [0.4, 0.5) is 19.0 Å². The molecule has 3 aromatic heterocycles. The van der Waals surface area contributed by atoms with Crippen LogP contribution in [0.25, 0.3) is 11.5 Å². The van der Waals surface area contributed by atoms with E-state index in [0.717, 1.165) is 6.07 Å². The van der Waals surface area contributed by atoms with Crippen molar-refractivity contribution in [3.63, 3.8) is 0 Å². The van der Waals surface area contributed by atoms with Crippen LogP contribution in [0.15, 0.2) is 43.1 Å². The Morgan fingerprint density at radius 2 is 2.08 bits per heavy atom. The minimum absolute atomic E-state index is 0.0654. The van der Waals surface area contributed by atoms with Gasteiger partial charge in [0, 0.05) is 18.3 Å². The van der Waals surface area contributed by atoms with Gasteiger partial charge in [0.15, 0.2) is 11.5 Å². The van der Waals surface area contributed by atoms with E-state index in [1.54, 1.807) is 29.8 Å². The molecule has 1 N–H and O–H groups in total. The number of pyridine rings is 1. The fourth-order valence-corrected chi connectivity index (χ4v) is 2.18. The lowest BCUT2D eigenvalue weighted by Gasteiger charge is -2.16. The van der Waals surface area contributed by atoms with E-state index < -0.39 is 11.9 Å². The van der Waals surface area contributed by atoms with Gasteiger partial charge in [-0.25, -0.2) is 15.0 Å². The monoisotopic (exact) mass is 349 g/mol. The highest BCUT2D eigenvalue weighted by Gasteiger charge is 2.34. The fraction of sp³-hybridized carbons (Fsp3) is 0.267. The van der Waals surface area contributed by atoms with E-state index >= 15 is 0 Å². The van der Waals surface area contributed by atoms with Crippen LogP contribution in [0.2, 0.25) is 0 Å². The zero-order chi connectivity index (χ0) is 17.9. The second kappa shape index (κ2) is 6.83. The van der Waals surface area contributed by atoms with Crippen LogP contribution in [0, 0.1) is 0 Å². The SMILES string of the molecule is CC(Cn1cncn1)Nc1cc(C(F)(F)F)nc(-c2ccccn2)n1. The van der Waals surface area contributed by atoms with Gasteiger partial charge in [0.05, 0.1) is 6.54 Å². The standard InChI is InChI=1S/C15H14F3N7/c1-10(7-25-9-19-8-21-25)22-13-6-12(15(16,17)18)23-14(24-13)11-4-2-3-5-20-11/h2-6,8-10H,7H2,1H3,(H,22,23,24). The van der Waals surface area contributed by atoms with Gasteiger partial charge < -0.3 is 5.32 Å². The first kappa shape index (κ1) is 16.8. The lowest BCUT2D eigenvalue weighted by molar-refractivity contribution is -0.141. The summed E-state index contributed by atoms with van der Waals surface area (Å²) in [6, 6.07) is 5.53. The van der Waals surface area contributed by atoms with Crippen molar-refractivity contribution in [2.75, 3.05) is 5.32 Å². The van der Waals surface area contributed by atoms with E-state index in [1.165, 1.54) is 18.9 Å². The average molecular weight is 349 g/mol. The van der Waals surface area contributed by atoms with Crippen LogP contribution in [-0.2, 0) is 12.7 Å². The van der Waals surface area contributed by atoms with Crippen molar-refractivity contribution in [3.8, 4) is 11.5 Å². The summed E-state index contributed by atoms with van der Waals surface area (Å²) in [5.41, 5.74) is -0.765. The van der Waals surface area contributed by atoms with Crippen LogP contribution < -0.4 is 5.32 Å². The fourth-order valence-electron chi connectivity index (χ4n) is 2.18. The maximum Gasteiger partial charge on any atom is 0.433 e. The molecule has 7 nitrogen and oxygen atoms in total. The number of nitrogens with zero attached hydrogens (tertiary/aromatic N) is 6. The molecular weight excluding hydrogens is 335 g/mol. The summed E-state index contributed by atoms with van der Waals surface area (Å²) in [5.74, 6) is -0.0264. The smallest absolute Gasteiger partial charge is 0.366 e. The summed E-state index contributed by atoms with van der Waals surface area (Å²) < 4.78 is 41.0. The Labute approximate surface area is 141 Å². The van der Waals surface area contributed by atoms with E-state index in [-0.39, 0.29) is 23.4 Å². The van der Waals surface area contributed by atoms with E-state index in [2.05, 4.69) is 30.4 Å². The Morgan fingerprint density at radius 3 is 2.72 bits per heavy atom. The molecule has 0 aliphatic heterocycles. The Hall–Kier alpha value is -3.04. The second-order valence-electron chi connectivity index (χ2n) is 5.34. The summed E-state index contributed by atoms with van der Waals surface area (Å²) in [6.07, 6.45) is -0.200. The number of alkyl halides is 3. The zero-order valence-corrected chi connectivity index (χ0v) is 13.1. The van der Waals surface area contributed by atoms with E-state index in [9.17, 15) is 13.2 Å². The molecule has 3 heterocycles. The molecular formula is C15H14F3N7. The summed E-state index contributed by atoms with van der Waals surface area (Å²) in [6.45, 7) is 2.22. The quantitative estimate of drug-likeness (QED) is 0.763. The largest absolute Gasteiger partial charge is 0.433 e. The summed E-state index contributed by atoms with van der Waals surface area (Å²) in [4.78, 5) is 15.6. The zero-order valence-electron chi connectivity index (χ0n) is 13.1. The van der Waals surface area contributed by atoms with E-state index in [4.69, 9.17) is 0 Å². The molecule has 0 spiro atoms. The van der Waals surface area contributed by atoms with Gasteiger partial charge in [-0.3, -0.25) is 9.67 Å². The predicted molar refractivity (Wildman–Crippen MR) is 83.4 cm³/mol. The van der Waals surface area contributed by atoms with Crippen molar-refractivity contribution in [1.29, 1.82) is 0 Å². The van der Waals surface area contributed by atoms with Gasteiger partial charge in [-0.15, -0.1) is 0 Å². The van der Waals surface area contributed by atoms with Gasteiger partial charge >= 0.3 is 6.18 Å². The van der Waals surface area contributed by atoms with Gasteiger partial charge in [0.1, 0.15) is 24.2 Å². The van der Waals surface area contributed by atoms with Gasteiger partial charge in [0.2, 0.25) is 0 Å². The Bertz CT molecular complexity index is 819.